The Kier molecular flexibility index (Phi) is 12.8. The molecule has 0 saturated carbocycles. The largest absolute Gasteiger partial charge is 0.508 e. The predicted molar refractivity (Wildman–Crippen MR) is 175 cm³/mol. The number of amides is 3. The van der Waals surface area contributed by atoms with Gasteiger partial charge in [-0.25, -0.2) is 0 Å². The highest BCUT2D eigenvalue weighted by Gasteiger charge is 2.30. The summed E-state index contributed by atoms with van der Waals surface area (Å²) >= 11 is 0. The fourth-order valence-corrected chi connectivity index (χ4v) is 5.86. The number of aliphatic hydroxyl groups is 1. The van der Waals surface area contributed by atoms with Crippen molar-refractivity contribution in [2.24, 2.45) is 0 Å². The Hall–Kier alpha value is -3.75. The molecule has 4 bridgehead atoms. The zero-order chi connectivity index (χ0) is 33.2. The standard InChI is InChI=1S/C33H49N7O6/c1-34-10-4-5-26-32(45)38-28(31(44)36-19-25(41)20-40-13-11-39(3)12-14-40)18-24-16-22(7-9-30(24)43)21-6-8-29(42)23(15-21)17-27(35-2)33(46)37-26/h6-9,15-16,25-28,34-35,41-43H,4-5,10-14,17-20H2,1-3H3,(H,36,44)(H,37,46)(H,38,45)/t25?,26-,27-,28-/m0/s1. The van der Waals surface area contributed by atoms with E-state index in [1.165, 1.54) is 6.07 Å². The molecule has 2 aromatic rings. The molecule has 13 nitrogen and oxygen atoms in total. The molecule has 2 aliphatic rings. The molecule has 4 atom stereocenters. The summed E-state index contributed by atoms with van der Waals surface area (Å²) in [5, 5.41) is 46.6. The molecule has 2 heterocycles. The molecule has 4 rings (SSSR count). The average molecular weight is 640 g/mol. The van der Waals surface area contributed by atoms with Crippen molar-refractivity contribution in [3.63, 3.8) is 0 Å². The van der Waals surface area contributed by atoms with Gasteiger partial charge in [0, 0.05) is 52.1 Å². The Morgan fingerprint density at radius 2 is 1.57 bits per heavy atom. The van der Waals surface area contributed by atoms with Gasteiger partial charge in [0.05, 0.1) is 12.1 Å². The van der Waals surface area contributed by atoms with Crippen molar-refractivity contribution in [1.29, 1.82) is 0 Å². The van der Waals surface area contributed by atoms with Gasteiger partial charge < -0.3 is 46.8 Å². The van der Waals surface area contributed by atoms with Gasteiger partial charge in [-0.1, -0.05) is 12.1 Å². The van der Waals surface area contributed by atoms with Gasteiger partial charge in [0.15, 0.2) is 0 Å². The van der Waals surface area contributed by atoms with Crippen LogP contribution in [-0.4, -0.2) is 134 Å². The number of likely N-dealkylation sites (N-methyl/N-ethyl adjacent to an activating group) is 2. The molecule has 1 unspecified atom stereocenters. The number of carbonyl (C=O) groups excluding carboxylic acids is 3. The van der Waals surface area contributed by atoms with Gasteiger partial charge in [-0.15, -0.1) is 0 Å². The third-order valence-electron chi connectivity index (χ3n) is 8.77. The van der Waals surface area contributed by atoms with Crippen molar-refractivity contribution in [2.45, 2.75) is 49.9 Å². The lowest BCUT2D eigenvalue weighted by molar-refractivity contribution is -0.132. The van der Waals surface area contributed by atoms with Crippen LogP contribution in [0.3, 0.4) is 0 Å². The summed E-state index contributed by atoms with van der Waals surface area (Å²) in [4.78, 5) is 45.2. The summed E-state index contributed by atoms with van der Waals surface area (Å²) in [6.45, 7) is 4.48. The van der Waals surface area contributed by atoms with E-state index in [2.05, 4.69) is 43.4 Å². The van der Waals surface area contributed by atoms with E-state index < -0.39 is 42.0 Å². The normalized spacial score (nSPS) is 22.2. The molecule has 0 aromatic heterocycles. The maximum atomic E-state index is 13.7. The van der Waals surface area contributed by atoms with E-state index >= 15 is 0 Å². The lowest BCUT2D eigenvalue weighted by Gasteiger charge is -2.33. The first-order valence-corrected chi connectivity index (χ1v) is 16.0. The van der Waals surface area contributed by atoms with Crippen LogP contribution in [0.1, 0.15) is 24.0 Å². The molecule has 3 amide bonds. The fourth-order valence-electron chi connectivity index (χ4n) is 5.86. The Balaban J connectivity index is 1.62. The number of nitrogens with zero attached hydrogens (tertiary/aromatic N) is 2. The molecular weight excluding hydrogens is 590 g/mol. The van der Waals surface area contributed by atoms with Gasteiger partial charge in [0.1, 0.15) is 23.6 Å². The quantitative estimate of drug-likeness (QED) is 0.153. The van der Waals surface area contributed by atoms with Crippen molar-refractivity contribution >= 4 is 17.7 Å². The van der Waals surface area contributed by atoms with Gasteiger partial charge in [0.2, 0.25) is 17.7 Å². The third-order valence-corrected chi connectivity index (χ3v) is 8.77. The van der Waals surface area contributed by atoms with Crippen LogP contribution < -0.4 is 26.6 Å². The number of fused-ring (bicyclic) bond motifs is 5. The van der Waals surface area contributed by atoms with Crippen LogP contribution >= 0.6 is 0 Å². The molecule has 13 heteroatoms. The number of benzene rings is 2. The Bertz CT molecular complexity index is 1350. The topological polar surface area (TPSA) is 179 Å². The van der Waals surface area contributed by atoms with E-state index in [4.69, 9.17) is 0 Å². The summed E-state index contributed by atoms with van der Waals surface area (Å²) in [7, 11) is 5.49. The highest BCUT2D eigenvalue weighted by Crippen LogP contribution is 2.31. The fraction of sp³-hybridized carbons (Fsp3) is 0.545. The molecule has 252 valence electrons. The summed E-state index contributed by atoms with van der Waals surface area (Å²) in [6.07, 6.45) is 0.221. The lowest BCUT2D eigenvalue weighted by Crippen LogP contribution is -2.57. The summed E-state index contributed by atoms with van der Waals surface area (Å²) in [5.41, 5.74) is 2.46. The number of nitrogens with one attached hydrogen (secondary N) is 5. The number of hydrogen-bond donors (Lipinski definition) is 8. The minimum atomic E-state index is -1.10. The minimum absolute atomic E-state index is 0.00790. The second kappa shape index (κ2) is 16.7. The monoisotopic (exact) mass is 639 g/mol. The number of rotatable bonds is 10. The Labute approximate surface area is 270 Å². The van der Waals surface area contributed by atoms with Crippen molar-refractivity contribution in [3.8, 4) is 22.6 Å². The SMILES string of the molecule is CNCCC[C@@H]1NC(=O)[C@@H](NC)Cc2cc(ccc2O)-c2ccc(O)c(c2)C[C@@H](C(=O)NCC(O)CN2CCN(C)CC2)NC1=O. The van der Waals surface area contributed by atoms with Gasteiger partial charge in [0.25, 0.3) is 0 Å². The molecular formula is C33H49N7O6. The molecule has 2 aromatic carbocycles. The first-order valence-electron chi connectivity index (χ1n) is 16.0. The van der Waals surface area contributed by atoms with Gasteiger partial charge in [-0.3, -0.25) is 19.3 Å². The molecule has 1 fully saturated rings. The van der Waals surface area contributed by atoms with Crippen LogP contribution in [0, 0.1) is 0 Å². The average Bonchev–Trinajstić information content (AvgIpc) is 3.04. The van der Waals surface area contributed by atoms with E-state index in [-0.39, 0.29) is 30.9 Å². The van der Waals surface area contributed by atoms with Crippen LogP contribution in [0.2, 0.25) is 0 Å². The predicted octanol–water partition coefficient (Wildman–Crippen LogP) is -0.855. The van der Waals surface area contributed by atoms with Crippen molar-refractivity contribution < 1.29 is 29.7 Å². The lowest BCUT2D eigenvalue weighted by atomic mass is 9.95. The van der Waals surface area contributed by atoms with Crippen LogP contribution in [-0.2, 0) is 27.2 Å². The number of β-amino-alcohol motifs (C(OH)–C–C–N with tert-alkyl or cyclic N) is 1. The van der Waals surface area contributed by atoms with E-state index in [0.717, 1.165) is 37.3 Å². The van der Waals surface area contributed by atoms with E-state index in [1.807, 2.05) is 0 Å². The molecule has 0 spiro atoms. The second-order valence-electron chi connectivity index (χ2n) is 12.3. The maximum absolute atomic E-state index is 13.7. The van der Waals surface area contributed by atoms with Crippen LogP contribution in [0.4, 0.5) is 0 Å². The zero-order valence-corrected chi connectivity index (χ0v) is 27.0. The molecule has 0 aliphatic carbocycles. The summed E-state index contributed by atoms with van der Waals surface area (Å²) < 4.78 is 0. The molecule has 46 heavy (non-hydrogen) atoms. The van der Waals surface area contributed by atoms with E-state index in [9.17, 15) is 29.7 Å². The number of hydrogen-bond acceptors (Lipinski definition) is 10. The van der Waals surface area contributed by atoms with Crippen molar-refractivity contribution in [1.82, 2.24) is 36.4 Å². The second-order valence-corrected chi connectivity index (χ2v) is 12.3. The number of carbonyl (C=O) groups is 3. The van der Waals surface area contributed by atoms with Gasteiger partial charge >= 0.3 is 0 Å². The van der Waals surface area contributed by atoms with E-state index in [0.29, 0.717) is 37.1 Å². The summed E-state index contributed by atoms with van der Waals surface area (Å²) in [6, 6.07) is 7.33. The molecule has 1 saturated heterocycles. The van der Waals surface area contributed by atoms with Crippen LogP contribution in [0.5, 0.6) is 11.5 Å². The molecule has 8 N–H and O–H groups in total. The van der Waals surface area contributed by atoms with Gasteiger partial charge in [-0.05, 0) is 87.0 Å². The highest BCUT2D eigenvalue weighted by atomic mass is 16.3. The Morgan fingerprint density at radius 1 is 0.935 bits per heavy atom. The number of phenolic OH excluding ortho intramolecular Hbond substituents is 2. The van der Waals surface area contributed by atoms with Crippen molar-refractivity contribution in [2.75, 3.05) is 67.0 Å². The minimum Gasteiger partial charge on any atom is -0.508 e. The highest BCUT2D eigenvalue weighted by molar-refractivity contribution is 5.93. The summed E-state index contributed by atoms with van der Waals surface area (Å²) in [5.74, 6) is -1.47. The molecule has 0 radical (unpaired) electrons. The number of phenols is 2. The van der Waals surface area contributed by atoms with E-state index in [1.54, 1.807) is 44.4 Å². The number of aliphatic hydroxyl groups excluding tert-OH is 1. The van der Waals surface area contributed by atoms with Gasteiger partial charge in [-0.2, -0.15) is 0 Å². The Morgan fingerprint density at radius 3 is 2.17 bits per heavy atom. The number of piperazine rings is 1. The zero-order valence-electron chi connectivity index (χ0n) is 27.0. The third kappa shape index (κ3) is 9.63. The first-order chi connectivity index (χ1) is 22.1. The molecule has 2 aliphatic heterocycles. The van der Waals surface area contributed by atoms with Crippen molar-refractivity contribution in [3.05, 3.63) is 47.5 Å². The van der Waals surface area contributed by atoms with Crippen LogP contribution in [0.15, 0.2) is 36.4 Å². The smallest absolute Gasteiger partial charge is 0.243 e. The van der Waals surface area contributed by atoms with Crippen LogP contribution in [0.25, 0.3) is 11.1 Å². The number of aromatic hydroxyl groups is 2. The first kappa shape index (κ1) is 35.1. The maximum Gasteiger partial charge on any atom is 0.243 e.